The average Bonchev–Trinajstić information content (AvgIpc) is 2.81. The number of rotatable bonds is 4. The molecule has 0 aliphatic heterocycles. The first-order valence-electron chi connectivity index (χ1n) is 6.17. The first kappa shape index (κ1) is 19.7. The van der Waals surface area contributed by atoms with Gasteiger partial charge in [0.25, 0.3) is 0 Å². The smallest absolute Gasteiger partial charge is 0.230 e. The second-order valence-electron chi connectivity index (χ2n) is 4.39. The van der Waals surface area contributed by atoms with E-state index in [1.807, 2.05) is 24.4 Å². The van der Waals surface area contributed by atoms with Gasteiger partial charge in [0.05, 0.1) is 17.1 Å². The van der Waals surface area contributed by atoms with Gasteiger partial charge < -0.3 is 11.1 Å². The van der Waals surface area contributed by atoms with Crippen LogP contribution in [0, 0.1) is 6.92 Å². The molecular formula is C14H19Cl2N3OS. The third-order valence-corrected chi connectivity index (χ3v) is 3.82. The number of benzene rings is 1. The molecule has 1 amide bonds. The van der Waals surface area contributed by atoms with E-state index in [1.165, 1.54) is 0 Å². The highest BCUT2D eigenvalue weighted by molar-refractivity contribution is 7.09. The first-order chi connectivity index (χ1) is 9.08. The van der Waals surface area contributed by atoms with Crippen molar-refractivity contribution in [3.05, 3.63) is 39.8 Å². The van der Waals surface area contributed by atoms with Gasteiger partial charge in [-0.25, -0.2) is 4.98 Å². The monoisotopic (exact) mass is 347 g/mol. The van der Waals surface area contributed by atoms with E-state index >= 15 is 0 Å². The largest absolute Gasteiger partial charge is 0.399 e. The van der Waals surface area contributed by atoms with Gasteiger partial charge >= 0.3 is 0 Å². The van der Waals surface area contributed by atoms with Crippen LogP contribution in [0.15, 0.2) is 23.6 Å². The van der Waals surface area contributed by atoms with Crippen molar-refractivity contribution < 1.29 is 4.79 Å². The Morgan fingerprint density at radius 2 is 2.10 bits per heavy atom. The minimum atomic E-state index is -0.0679. The summed E-state index contributed by atoms with van der Waals surface area (Å²) in [5, 5.41) is 5.87. The number of amides is 1. The van der Waals surface area contributed by atoms with Crippen molar-refractivity contribution in [2.24, 2.45) is 0 Å². The highest BCUT2D eigenvalue weighted by Gasteiger charge is 2.09. The summed E-state index contributed by atoms with van der Waals surface area (Å²) in [4.78, 5) is 16.3. The molecule has 21 heavy (non-hydrogen) atoms. The van der Waals surface area contributed by atoms with Crippen molar-refractivity contribution in [3.63, 3.8) is 0 Å². The zero-order valence-corrected chi connectivity index (χ0v) is 14.3. The summed E-state index contributed by atoms with van der Waals surface area (Å²) >= 11 is 1.59. The molecule has 0 bridgehead atoms. The van der Waals surface area contributed by atoms with Crippen molar-refractivity contribution in [3.8, 4) is 0 Å². The molecule has 1 aromatic heterocycles. The van der Waals surface area contributed by atoms with E-state index in [1.54, 1.807) is 17.4 Å². The number of aromatic nitrogens is 1. The summed E-state index contributed by atoms with van der Waals surface area (Å²) in [6.45, 7) is 3.99. The van der Waals surface area contributed by atoms with E-state index in [4.69, 9.17) is 5.73 Å². The molecule has 0 fully saturated rings. The van der Waals surface area contributed by atoms with Crippen molar-refractivity contribution in [1.82, 2.24) is 4.98 Å². The van der Waals surface area contributed by atoms with Gasteiger partial charge in [-0.15, -0.1) is 36.2 Å². The van der Waals surface area contributed by atoms with Gasteiger partial charge in [-0.1, -0.05) is 13.0 Å². The molecule has 1 heterocycles. The standard InChI is InChI=1S/C14H17N3OS.2ClH/c1-3-14-16-11(8-19-14)7-13(18)17-12-6-10(15)5-4-9(12)2;;/h4-6,8H,3,7,15H2,1-2H3,(H,17,18);2*1H. The minimum absolute atomic E-state index is 0. The topological polar surface area (TPSA) is 68.0 Å². The number of halogens is 2. The molecule has 0 aliphatic rings. The molecule has 0 unspecified atom stereocenters. The Balaban J connectivity index is 0.00000200. The Kier molecular flexibility index (Phi) is 8.32. The van der Waals surface area contributed by atoms with E-state index in [9.17, 15) is 4.79 Å². The predicted octanol–water partition coefficient (Wildman–Crippen LogP) is 3.62. The van der Waals surface area contributed by atoms with Gasteiger partial charge in [0, 0.05) is 16.8 Å². The van der Waals surface area contributed by atoms with Crippen LogP contribution in [0.25, 0.3) is 0 Å². The number of nitrogens with two attached hydrogens (primary N) is 1. The molecule has 2 rings (SSSR count). The lowest BCUT2D eigenvalue weighted by Gasteiger charge is -2.08. The van der Waals surface area contributed by atoms with Gasteiger partial charge in [-0.3, -0.25) is 4.79 Å². The highest BCUT2D eigenvalue weighted by atomic mass is 35.5. The zero-order chi connectivity index (χ0) is 13.8. The van der Waals surface area contributed by atoms with Crippen LogP contribution in [-0.4, -0.2) is 10.9 Å². The number of nitrogen functional groups attached to an aromatic ring is 1. The van der Waals surface area contributed by atoms with E-state index in [-0.39, 0.29) is 30.7 Å². The lowest BCUT2D eigenvalue weighted by atomic mass is 10.1. The second-order valence-corrected chi connectivity index (χ2v) is 5.33. The van der Waals surface area contributed by atoms with Crippen LogP contribution < -0.4 is 11.1 Å². The van der Waals surface area contributed by atoms with Gasteiger partial charge in [-0.2, -0.15) is 0 Å². The molecule has 0 radical (unpaired) electrons. The van der Waals surface area contributed by atoms with Crippen LogP contribution in [0.4, 0.5) is 11.4 Å². The van der Waals surface area contributed by atoms with Crippen LogP contribution in [0.1, 0.15) is 23.2 Å². The summed E-state index contributed by atoms with van der Waals surface area (Å²) in [5.41, 5.74) is 8.93. The lowest BCUT2D eigenvalue weighted by Crippen LogP contribution is -2.15. The highest BCUT2D eigenvalue weighted by Crippen LogP contribution is 2.18. The molecule has 0 spiro atoms. The fourth-order valence-corrected chi connectivity index (χ4v) is 2.47. The molecule has 2 aromatic rings. The van der Waals surface area contributed by atoms with Crippen LogP contribution in [0.3, 0.4) is 0 Å². The number of carbonyl (C=O) groups excluding carboxylic acids is 1. The Morgan fingerprint density at radius 1 is 1.38 bits per heavy atom. The molecule has 1 aromatic carbocycles. The van der Waals surface area contributed by atoms with Gasteiger partial charge in [-0.05, 0) is 31.0 Å². The van der Waals surface area contributed by atoms with Gasteiger partial charge in [0.2, 0.25) is 5.91 Å². The molecule has 0 saturated carbocycles. The lowest BCUT2D eigenvalue weighted by molar-refractivity contribution is -0.115. The SMILES string of the molecule is CCc1nc(CC(=O)Nc2cc(N)ccc2C)cs1.Cl.Cl. The maximum Gasteiger partial charge on any atom is 0.230 e. The summed E-state index contributed by atoms with van der Waals surface area (Å²) < 4.78 is 0. The normalized spacial score (nSPS) is 9.43. The number of aryl methyl sites for hydroxylation is 2. The van der Waals surface area contributed by atoms with Crippen LogP contribution in [0.5, 0.6) is 0 Å². The van der Waals surface area contributed by atoms with Gasteiger partial charge in [0.1, 0.15) is 0 Å². The molecule has 0 aliphatic carbocycles. The third-order valence-electron chi connectivity index (χ3n) is 2.78. The molecular weight excluding hydrogens is 329 g/mol. The van der Waals surface area contributed by atoms with Gasteiger partial charge in [0.15, 0.2) is 0 Å². The van der Waals surface area contributed by atoms with E-state index < -0.39 is 0 Å². The number of nitrogens with zero attached hydrogens (tertiary/aromatic N) is 1. The molecule has 0 atom stereocenters. The van der Waals surface area contributed by atoms with Crippen molar-refractivity contribution in [2.45, 2.75) is 26.7 Å². The molecule has 0 saturated heterocycles. The summed E-state index contributed by atoms with van der Waals surface area (Å²) in [5.74, 6) is -0.0679. The second kappa shape index (κ2) is 8.87. The number of thiazole rings is 1. The number of hydrogen-bond donors (Lipinski definition) is 2. The van der Waals surface area contributed by atoms with E-state index in [2.05, 4.69) is 17.2 Å². The molecule has 116 valence electrons. The van der Waals surface area contributed by atoms with Crippen molar-refractivity contribution in [1.29, 1.82) is 0 Å². The minimum Gasteiger partial charge on any atom is -0.399 e. The number of carbonyl (C=O) groups is 1. The van der Waals surface area contributed by atoms with Crippen molar-refractivity contribution in [2.75, 3.05) is 11.1 Å². The number of hydrogen-bond acceptors (Lipinski definition) is 4. The zero-order valence-electron chi connectivity index (χ0n) is 11.9. The number of anilines is 2. The van der Waals surface area contributed by atoms with Crippen LogP contribution in [0.2, 0.25) is 0 Å². The predicted molar refractivity (Wildman–Crippen MR) is 93.9 cm³/mol. The average molecular weight is 348 g/mol. The number of nitrogens with one attached hydrogen (secondary N) is 1. The first-order valence-corrected chi connectivity index (χ1v) is 7.05. The summed E-state index contributed by atoms with van der Waals surface area (Å²) in [6.07, 6.45) is 1.20. The maximum atomic E-state index is 12.0. The fraction of sp³-hybridized carbons (Fsp3) is 0.286. The van der Waals surface area contributed by atoms with E-state index in [0.717, 1.165) is 28.4 Å². The summed E-state index contributed by atoms with van der Waals surface area (Å²) in [6, 6.07) is 5.48. The Hall–Kier alpha value is -1.30. The van der Waals surface area contributed by atoms with E-state index in [0.29, 0.717) is 12.1 Å². The van der Waals surface area contributed by atoms with Crippen LogP contribution >= 0.6 is 36.2 Å². The molecule has 3 N–H and O–H groups in total. The maximum absolute atomic E-state index is 12.0. The fourth-order valence-electron chi connectivity index (χ4n) is 1.73. The van der Waals surface area contributed by atoms with Crippen LogP contribution in [-0.2, 0) is 17.6 Å². The third kappa shape index (κ3) is 5.53. The Bertz CT molecular complexity index is 602. The van der Waals surface area contributed by atoms with Crippen molar-refractivity contribution >= 4 is 53.4 Å². The quantitative estimate of drug-likeness (QED) is 0.829. The molecule has 4 nitrogen and oxygen atoms in total. The Morgan fingerprint density at radius 3 is 2.71 bits per heavy atom. The molecule has 7 heteroatoms. The Labute approximate surface area is 141 Å². The summed E-state index contributed by atoms with van der Waals surface area (Å²) in [7, 11) is 0.